The van der Waals surface area contributed by atoms with Gasteiger partial charge in [-0.05, 0) is 53.4 Å². The van der Waals surface area contributed by atoms with Crippen LogP contribution in [-0.4, -0.2) is 9.78 Å². The van der Waals surface area contributed by atoms with Gasteiger partial charge in [0.25, 0.3) is 0 Å². The molecule has 1 aromatic heterocycles. The molecule has 2 N–H and O–H groups in total. The molecule has 3 nitrogen and oxygen atoms in total. The molecule has 1 aromatic carbocycles. The summed E-state index contributed by atoms with van der Waals surface area (Å²) in [4.78, 5) is 0. The van der Waals surface area contributed by atoms with E-state index in [0.717, 1.165) is 29.7 Å². The van der Waals surface area contributed by atoms with Gasteiger partial charge in [0.05, 0.1) is 16.7 Å². The van der Waals surface area contributed by atoms with Gasteiger partial charge in [-0.3, -0.25) is 4.68 Å². The molecule has 0 fully saturated rings. The Morgan fingerprint density at radius 3 is 2.57 bits per heavy atom. The molecule has 21 heavy (non-hydrogen) atoms. The summed E-state index contributed by atoms with van der Waals surface area (Å²) in [6.45, 7) is 6.82. The van der Waals surface area contributed by atoms with Gasteiger partial charge in [-0.15, -0.1) is 0 Å². The standard InChI is InChI=1S/C16H21BrFN3/c1-4-14-16(10(3)19)15(5-2)21(20-14)9-11-6-7-13(18)12(17)8-11/h6-8,10H,4-5,9,19H2,1-3H3. The number of rotatable bonds is 5. The summed E-state index contributed by atoms with van der Waals surface area (Å²) >= 11 is 3.23. The van der Waals surface area contributed by atoms with Gasteiger partial charge in [0.15, 0.2) is 0 Å². The molecule has 0 saturated heterocycles. The van der Waals surface area contributed by atoms with Crippen LogP contribution in [0.3, 0.4) is 0 Å². The number of aryl methyl sites for hydroxylation is 1. The molecule has 2 aromatic rings. The monoisotopic (exact) mass is 353 g/mol. The number of hydrogen-bond acceptors (Lipinski definition) is 2. The lowest BCUT2D eigenvalue weighted by Gasteiger charge is -2.10. The normalized spacial score (nSPS) is 12.7. The zero-order chi connectivity index (χ0) is 15.6. The van der Waals surface area contributed by atoms with E-state index in [0.29, 0.717) is 11.0 Å². The lowest BCUT2D eigenvalue weighted by Crippen LogP contribution is -2.11. The number of aromatic nitrogens is 2. The lowest BCUT2D eigenvalue weighted by molar-refractivity contribution is 0.613. The smallest absolute Gasteiger partial charge is 0.137 e. The Morgan fingerprint density at radius 2 is 2.05 bits per heavy atom. The molecule has 2 rings (SSSR count). The van der Waals surface area contributed by atoms with Crippen molar-refractivity contribution in [2.45, 2.75) is 46.2 Å². The van der Waals surface area contributed by atoms with E-state index in [1.54, 1.807) is 12.1 Å². The number of benzene rings is 1. The van der Waals surface area contributed by atoms with Crippen LogP contribution in [0.1, 0.15) is 49.3 Å². The highest BCUT2D eigenvalue weighted by Crippen LogP contribution is 2.24. The maximum atomic E-state index is 13.3. The molecule has 0 aliphatic rings. The maximum absolute atomic E-state index is 13.3. The van der Waals surface area contributed by atoms with E-state index in [1.807, 2.05) is 11.6 Å². The molecular formula is C16H21BrFN3. The number of halogens is 2. The van der Waals surface area contributed by atoms with Crippen LogP contribution in [0, 0.1) is 5.82 Å². The summed E-state index contributed by atoms with van der Waals surface area (Å²) in [6, 6.07) is 5.04. The molecule has 0 radical (unpaired) electrons. The second-order valence-corrected chi connectivity index (χ2v) is 6.06. The van der Waals surface area contributed by atoms with Crippen molar-refractivity contribution in [1.29, 1.82) is 0 Å². The molecule has 0 spiro atoms. The first-order chi connectivity index (χ1) is 9.97. The van der Waals surface area contributed by atoms with E-state index in [4.69, 9.17) is 10.8 Å². The Kier molecular flexibility index (Phi) is 5.17. The Morgan fingerprint density at radius 1 is 1.33 bits per heavy atom. The van der Waals surface area contributed by atoms with Crippen LogP contribution < -0.4 is 5.73 Å². The van der Waals surface area contributed by atoms with Crippen LogP contribution in [0.25, 0.3) is 0 Å². The van der Waals surface area contributed by atoms with Crippen molar-refractivity contribution < 1.29 is 4.39 Å². The van der Waals surface area contributed by atoms with Gasteiger partial charge in [0.1, 0.15) is 5.82 Å². The fourth-order valence-corrected chi connectivity index (χ4v) is 3.09. The SMILES string of the molecule is CCc1nn(Cc2ccc(F)c(Br)c2)c(CC)c1C(C)N. The minimum atomic E-state index is -0.250. The van der Waals surface area contributed by atoms with E-state index in [-0.39, 0.29) is 11.9 Å². The molecular weight excluding hydrogens is 333 g/mol. The number of nitrogens with two attached hydrogens (primary N) is 1. The van der Waals surface area contributed by atoms with Crippen LogP contribution in [0.15, 0.2) is 22.7 Å². The average molecular weight is 354 g/mol. The highest BCUT2D eigenvalue weighted by Gasteiger charge is 2.18. The Labute approximate surface area is 133 Å². The Hall–Kier alpha value is -1.20. The largest absolute Gasteiger partial charge is 0.324 e. The Balaban J connectivity index is 2.41. The third-order valence-corrected chi connectivity index (χ3v) is 4.22. The number of nitrogens with zero attached hydrogens (tertiary/aromatic N) is 2. The second kappa shape index (κ2) is 6.71. The van der Waals surface area contributed by atoms with Gasteiger partial charge >= 0.3 is 0 Å². The molecule has 0 aliphatic carbocycles. The molecule has 114 valence electrons. The second-order valence-electron chi connectivity index (χ2n) is 5.21. The van der Waals surface area contributed by atoms with Crippen LogP contribution in [0.4, 0.5) is 4.39 Å². The van der Waals surface area contributed by atoms with Crippen molar-refractivity contribution in [3.63, 3.8) is 0 Å². The zero-order valence-electron chi connectivity index (χ0n) is 12.7. The summed E-state index contributed by atoms with van der Waals surface area (Å²) in [5.41, 5.74) is 10.5. The van der Waals surface area contributed by atoms with Crippen molar-refractivity contribution in [2.75, 3.05) is 0 Å². The van der Waals surface area contributed by atoms with E-state index in [2.05, 4.69) is 29.8 Å². The Bertz CT molecular complexity index is 635. The fourth-order valence-electron chi connectivity index (χ4n) is 2.67. The topological polar surface area (TPSA) is 43.8 Å². The predicted molar refractivity (Wildman–Crippen MR) is 86.8 cm³/mol. The molecule has 1 heterocycles. The minimum absolute atomic E-state index is 0.0244. The fraction of sp³-hybridized carbons (Fsp3) is 0.438. The van der Waals surface area contributed by atoms with E-state index < -0.39 is 0 Å². The van der Waals surface area contributed by atoms with Crippen molar-refractivity contribution in [2.24, 2.45) is 5.73 Å². The van der Waals surface area contributed by atoms with Gasteiger partial charge in [0.2, 0.25) is 0 Å². The highest BCUT2D eigenvalue weighted by molar-refractivity contribution is 9.10. The van der Waals surface area contributed by atoms with Crippen molar-refractivity contribution in [3.05, 3.63) is 51.0 Å². The summed E-state index contributed by atoms with van der Waals surface area (Å²) < 4.78 is 15.8. The van der Waals surface area contributed by atoms with Gasteiger partial charge < -0.3 is 5.73 Å². The lowest BCUT2D eigenvalue weighted by atomic mass is 10.0. The first-order valence-electron chi connectivity index (χ1n) is 7.25. The van der Waals surface area contributed by atoms with Crippen LogP contribution >= 0.6 is 15.9 Å². The van der Waals surface area contributed by atoms with Gasteiger partial charge in [-0.2, -0.15) is 5.10 Å². The van der Waals surface area contributed by atoms with Gasteiger partial charge in [-0.1, -0.05) is 19.9 Å². The zero-order valence-corrected chi connectivity index (χ0v) is 14.2. The third-order valence-electron chi connectivity index (χ3n) is 3.62. The molecule has 5 heteroatoms. The quantitative estimate of drug-likeness (QED) is 0.883. The molecule has 0 bridgehead atoms. The molecule has 0 amide bonds. The summed E-state index contributed by atoms with van der Waals surface area (Å²) in [6.07, 6.45) is 1.75. The van der Waals surface area contributed by atoms with Crippen molar-refractivity contribution in [3.8, 4) is 0 Å². The first kappa shape index (κ1) is 16.2. The summed E-state index contributed by atoms with van der Waals surface area (Å²) in [7, 11) is 0. The predicted octanol–water partition coefficient (Wildman–Crippen LogP) is 3.98. The molecule has 1 atom stereocenters. The molecule has 0 aliphatic heterocycles. The third kappa shape index (κ3) is 3.35. The molecule has 1 unspecified atom stereocenters. The van der Waals surface area contributed by atoms with Gasteiger partial charge in [-0.25, -0.2) is 4.39 Å². The van der Waals surface area contributed by atoms with Crippen LogP contribution in [0.5, 0.6) is 0 Å². The molecule has 0 saturated carbocycles. The first-order valence-corrected chi connectivity index (χ1v) is 8.05. The van der Waals surface area contributed by atoms with E-state index in [9.17, 15) is 4.39 Å². The van der Waals surface area contributed by atoms with E-state index in [1.165, 1.54) is 11.8 Å². The average Bonchev–Trinajstić information content (AvgIpc) is 2.80. The van der Waals surface area contributed by atoms with Crippen LogP contribution in [-0.2, 0) is 19.4 Å². The summed E-state index contributed by atoms with van der Waals surface area (Å²) in [5.74, 6) is -0.250. The van der Waals surface area contributed by atoms with Gasteiger partial charge in [0, 0.05) is 17.3 Å². The summed E-state index contributed by atoms with van der Waals surface area (Å²) in [5, 5.41) is 4.70. The van der Waals surface area contributed by atoms with Crippen molar-refractivity contribution in [1.82, 2.24) is 9.78 Å². The van der Waals surface area contributed by atoms with E-state index >= 15 is 0 Å². The van der Waals surface area contributed by atoms with Crippen LogP contribution in [0.2, 0.25) is 0 Å². The minimum Gasteiger partial charge on any atom is -0.324 e. The maximum Gasteiger partial charge on any atom is 0.137 e. The highest BCUT2D eigenvalue weighted by atomic mass is 79.9. The van der Waals surface area contributed by atoms with Crippen molar-refractivity contribution >= 4 is 15.9 Å². The number of hydrogen-bond donors (Lipinski definition) is 1.